The van der Waals surface area contributed by atoms with Crippen LogP contribution in [0, 0.1) is 15.9 Å². The molecule has 0 amide bonds. The first kappa shape index (κ1) is 22.4. The largest absolute Gasteiger partial charge is 0.490 e. The molecule has 0 saturated heterocycles. The van der Waals surface area contributed by atoms with Gasteiger partial charge < -0.3 is 9.30 Å². The molecular weight excluding hydrogens is 451 g/mol. The Bertz CT molecular complexity index is 1420. The smallest absolute Gasteiger partial charge is 0.312 e. The number of nitro benzene ring substituents is 1. The number of hydrogen-bond acceptors (Lipinski definition) is 6. The van der Waals surface area contributed by atoms with E-state index in [9.17, 15) is 22.9 Å². The van der Waals surface area contributed by atoms with E-state index < -0.39 is 32.5 Å². The van der Waals surface area contributed by atoms with Crippen LogP contribution in [0.3, 0.4) is 0 Å². The molecular formula is C22H19FN4O5S. The zero-order valence-electron chi connectivity index (χ0n) is 17.4. The minimum absolute atomic E-state index is 0.0566. The number of benzene rings is 3. The van der Waals surface area contributed by atoms with E-state index in [1.54, 1.807) is 10.9 Å². The summed E-state index contributed by atoms with van der Waals surface area (Å²) in [5.74, 6) is -0.516. The number of nitrogens with zero attached hydrogens (tertiary/aromatic N) is 3. The maximum atomic E-state index is 13.5. The third-order valence-electron chi connectivity index (χ3n) is 5.13. The molecule has 3 aromatic carbocycles. The van der Waals surface area contributed by atoms with Gasteiger partial charge in [-0.1, -0.05) is 24.3 Å². The van der Waals surface area contributed by atoms with E-state index in [4.69, 9.17) is 4.74 Å². The second kappa shape index (κ2) is 8.96. The molecule has 33 heavy (non-hydrogen) atoms. The Morgan fingerprint density at radius 1 is 1.15 bits per heavy atom. The molecule has 1 unspecified atom stereocenters. The van der Waals surface area contributed by atoms with Crippen molar-refractivity contribution in [3.63, 3.8) is 0 Å². The Morgan fingerprint density at radius 3 is 2.58 bits per heavy atom. The lowest BCUT2D eigenvalue weighted by molar-refractivity contribution is -0.386. The van der Waals surface area contributed by atoms with Gasteiger partial charge in [0.2, 0.25) is 10.0 Å². The number of aromatic nitrogens is 2. The van der Waals surface area contributed by atoms with Gasteiger partial charge in [0.05, 0.1) is 40.3 Å². The van der Waals surface area contributed by atoms with E-state index in [1.165, 1.54) is 43.5 Å². The van der Waals surface area contributed by atoms with Crippen molar-refractivity contribution in [2.24, 2.45) is 0 Å². The Kier molecular flexibility index (Phi) is 6.07. The summed E-state index contributed by atoms with van der Waals surface area (Å²) in [5.41, 5.74) is 1.58. The van der Waals surface area contributed by atoms with Gasteiger partial charge in [0, 0.05) is 12.6 Å². The molecule has 1 N–H and O–H groups in total. The fraction of sp³-hybridized carbons (Fsp3) is 0.136. The van der Waals surface area contributed by atoms with Crippen LogP contribution in [0.5, 0.6) is 5.75 Å². The quantitative estimate of drug-likeness (QED) is 0.309. The molecule has 1 heterocycles. The van der Waals surface area contributed by atoms with Crippen molar-refractivity contribution in [3.05, 3.63) is 94.6 Å². The summed E-state index contributed by atoms with van der Waals surface area (Å²) in [5, 5.41) is 11.3. The number of imidazole rings is 1. The highest BCUT2D eigenvalue weighted by Crippen LogP contribution is 2.30. The summed E-state index contributed by atoms with van der Waals surface area (Å²) < 4.78 is 49.2. The number of halogens is 1. The van der Waals surface area contributed by atoms with Crippen LogP contribution in [0.15, 0.2) is 78.0 Å². The minimum atomic E-state index is -4.19. The fourth-order valence-corrected chi connectivity index (χ4v) is 4.73. The monoisotopic (exact) mass is 470 g/mol. The van der Waals surface area contributed by atoms with Gasteiger partial charge in [-0.05, 0) is 42.0 Å². The van der Waals surface area contributed by atoms with Crippen molar-refractivity contribution in [1.82, 2.24) is 14.3 Å². The molecule has 170 valence electrons. The van der Waals surface area contributed by atoms with E-state index in [1.807, 2.05) is 24.3 Å². The number of rotatable bonds is 8. The number of hydrogen-bond donors (Lipinski definition) is 1. The summed E-state index contributed by atoms with van der Waals surface area (Å²) in [7, 11) is -2.93. The molecule has 1 aromatic heterocycles. The normalized spacial score (nSPS) is 12.5. The highest BCUT2D eigenvalue weighted by Gasteiger charge is 2.26. The zero-order valence-corrected chi connectivity index (χ0v) is 18.2. The van der Waals surface area contributed by atoms with E-state index in [0.717, 1.165) is 17.1 Å². The standard InChI is InChI=1S/C22H19FN4O5S/c1-32-22-11-10-17(12-21(22)27(28)29)33(30,31)25-19(15-6-8-16(23)9-7-15)13-26-14-24-18-4-2-3-5-20(18)26/h2-12,14,19,25H,13H2,1H3. The van der Waals surface area contributed by atoms with Crippen molar-refractivity contribution in [2.45, 2.75) is 17.5 Å². The summed E-state index contributed by atoms with van der Waals surface area (Å²) >= 11 is 0. The van der Waals surface area contributed by atoms with Crippen LogP contribution in [-0.2, 0) is 16.6 Å². The lowest BCUT2D eigenvalue weighted by Gasteiger charge is -2.20. The number of nitro groups is 1. The summed E-state index contributed by atoms with van der Waals surface area (Å²) in [6.07, 6.45) is 1.59. The molecule has 1 atom stereocenters. The summed E-state index contributed by atoms with van der Waals surface area (Å²) in [6.45, 7) is 0.156. The lowest BCUT2D eigenvalue weighted by Crippen LogP contribution is -2.31. The van der Waals surface area contributed by atoms with Gasteiger partial charge in [0.25, 0.3) is 0 Å². The molecule has 0 saturated carbocycles. The molecule has 4 rings (SSSR count). The lowest BCUT2D eigenvalue weighted by atomic mass is 10.1. The molecule has 0 aliphatic carbocycles. The highest BCUT2D eigenvalue weighted by molar-refractivity contribution is 7.89. The van der Waals surface area contributed by atoms with Crippen molar-refractivity contribution in [1.29, 1.82) is 0 Å². The van der Waals surface area contributed by atoms with Crippen molar-refractivity contribution < 1.29 is 22.5 Å². The Morgan fingerprint density at radius 2 is 1.88 bits per heavy atom. The van der Waals surface area contributed by atoms with E-state index in [2.05, 4.69) is 9.71 Å². The molecule has 0 spiro atoms. The van der Waals surface area contributed by atoms with Gasteiger partial charge in [-0.3, -0.25) is 10.1 Å². The first-order valence-electron chi connectivity index (χ1n) is 9.78. The number of fused-ring (bicyclic) bond motifs is 1. The number of methoxy groups -OCH3 is 1. The van der Waals surface area contributed by atoms with Crippen LogP contribution in [-0.4, -0.2) is 30.0 Å². The summed E-state index contributed by atoms with van der Waals surface area (Å²) in [6, 6.07) is 15.4. The molecule has 0 aliphatic rings. The first-order chi connectivity index (χ1) is 15.8. The van der Waals surface area contributed by atoms with Crippen LogP contribution < -0.4 is 9.46 Å². The molecule has 4 aromatic rings. The molecule has 0 fully saturated rings. The van der Waals surface area contributed by atoms with Crippen molar-refractivity contribution >= 4 is 26.7 Å². The maximum Gasteiger partial charge on any atom is 0.312 e. The van der Waals surface area contributed by atoms with Gasteiger partial charge in [0.15, 0.2) is 5.75 Å². The van der Waals surface area contributed by atoms with Crippen LogP contribution in [0.2, 0.25) is 0 Å². The average molecular weight is 470 g/mol. The molecule has 9 nitrogen and oxygen atoms in total. The molecule has 11 heteroatoms. The highest BCUT2D eigenvalue weighted by atomic mass is 32.2. The minimum Gasteiger partial charge on any atom is -0.490 e. The van der Waals surface area contributed by atoms with Crippen LogP contribution in [0.25, 0.3) is 11.0 Å². The number of sulfonamides is 1. The first-order valence-corrected chi connectivity index (χ1v) is 11.3. The summed E-state index contributed by atoms with van der Waals surface area (Å²) in [4.78, 5) is 14.6. The predicted octanol–water partition coefficient (Wildman–Crippen LogP) is 3.81. The van der Waals surface area contributed by atoms with Gasteiger partial charge in [-0.2, -0.15) is 0 Å². The van der Waals surface area contributed by atoms with Crippen LogP contribution in [0.4, 0.5) is 10.1 Å². The number of nitrogens with one attached hydrogen (secondary N) is 1. The fourth-order valence-electron chi connectivity index (χ4n) is 3.49. The topological polar surface area (TPSA) is 116 Å². The van der Waals surface area contributed by atoms with Crippen molar-refractivity contribution in [2.75, 3.05) is 7.11 Å². The van der Waals surface area contributed by atoms with Crippen LogP contribution in [0.1, 0.15) is 11.6 Å². The van der Waals surface area contributed by atoms with Crippen molar-refractivity contribution in [3.8, 4) is 5.75 Å². The molecule has 0 radical (unpaired) electrons. The predicted molar refractivity (Wildman–Crippen MR) is 119 cm³/mol. The Hall–Kier alpha value is -3.83. The molecule has 0 bridgehead atoms. The average Bonchev–Trinajstić information content (AvgIpc) is 3.21. The third-order valence-corrected chi connectivity index (χ3v) is 6.60. The SMILES string of the molecule is COc1ccc(S(=O)(=O)NC(Cn2cnc3ccccc32)c2ccc(F)cc2)cc1[N+](=O)[O-]. The van der Waals surface area contributed by atoms with E-state index >= 15 is 0 Å². The van der Waals surface area contributed by atoms with Gasteiger partial charge in [-0.25, -0.2) is 22.5 Å². The second-order valence-corrected chi connectivity index (χ2v) is 8.92. The molecule has 0 aliphatic heterocycles. The Labute approximate surface area is 188 Å². The van der Waals surface area contributed by atoms with Crippen LogP contribution >= 0.6 is 0 Å². The van der Waals surface area contributed by atoms with Gasteiger partial charge >= 0.3 is 5.69 Å². The van der Waals surface area contributed by atoms with E-state index in [-0.39, 0.29) is 17.2 Å². The third kappa shape index (κ3) is 4.69. The maximum absolute atomic E-state index is 13.5. The zero-order chi connectivity index (χ0) is 23.6. The number of ether oxygens (including phenoxy) is 1. The second-order valence-electron chi connectivity index (χ2n) is 7.20. The van der Waals surface area contributed by atoms with Gasteiger partial charge in [-0.15, -0.1) is 0 Å². The number of para-hydroxylation sites is 2. The van der Waals surface area contributed by atoms with E-state index in [0.29, 0.717) is 5.56 Å². The Balaban J connectivity index is 1.72. The van der Waals surface area contributed by atoms with Gasteiger partial charge in [0.1, 0.15) is 5.82 Å².